The van der Waals surface area contributed by atoms with Crippen molar-refractivity contribution in [2.75, 3.05) is 12.4 Å². The lowest BCUT2D eigenvalue weighted by Crippen LogP contribution is -2.22. The molecular weight excluding hydrogens is 212 g/mol. The van der Waals surface area contributed by atoms with Crippen LogP contribution in [0, 0.1) is 17.2 Å². The summed E-state index contributed by atoms with van der Waals surface area (Å²) in [5.41, 5.74) is 2.25. The molecule has 3 heteroatoms. The number of hydrogen-bond donors (Lipinski definition) is 1. The Kier molecular flexibility index (Phi) is 4.00. The molecule has 2 rings (SSSR count). The molecular formula is C14H18N2O. The number of anilines is 1. The Bertz CT molecular complexity index is 411. The van der Waals surface area contributed by atoms with Crippen molar-refractivity contribution in [2.24, 2.45) is 5.92 Å². The first-order valence-electron chi connectivity index (χ1n) is 6.07. The second-order valence-corrected chi connectivity index (χ2v) is 4.55. The second-order valence-electron chi connectivity index (χ2n) is 4.55. The molecule has 0 heterocycles. The average molecular weight is 230 g/mol. The lowest BCUT2D eigenvalue weighted by atomic mass is 10.1. The average Bonchev–Trinajstić information content (AvgIpc) is 2.77. The third-order valence-electron chi connectivity index (χ3n) is 3.27. The van der Waals surface area contributed by atoms with E-state index in [1.54, 1.807) is 7.11 Å². The van der Waals surface area contributed by atoms with Crippen molar-refractivity contribution in [2.45, 2.75) is 31.9 Å². The summed E-state index contributed by atoms with van der Waals surface area (Å²) in [6.07, 6.45) is 3.26. The molecule has 17 heavy (non-hydrogen) atoms. The van der Waals surface area contributed by atoms with Crippen LogP contribution in [0.25, 0.3) is 0 Å². The molecule has 0 aromatic heterocycles. The van der Waals surface area contributed by atoms with Crippen LogP contribution in [0.1, 0.15) is 24.8 Å². The van der Waals surface area contributed by atoms with Crippen molar-refractivity contribution >= 4 is 5.69 Å². The molecule has 2 atom stereocenters. The highest BCUT2D eigenvalue weighted by atomic mass is 16.5. The molecule has 1 aliphatic carbocycles. The quantitative estimate of drug-likeness (QED) is 0.865. The van der Waals surface area contributed by atoms with Gasteiger partial charge in [0.05, 0.1) is 18.6 Å². The molecule has 1 N–H and O–H groups in total. The minimum atomic E-state index is 0.154. The molecule has 0 amide bonds. The van der Waals surface area contributed by atoms with Gasteiger partial charge in [-0.15, -0.1) is 0 Å². The largest absolute Gasteiger partial charge is 0.381 e. The minimum absolute atomic E-state index is 0.154. The molecule has 1 aromatic carbocycles. The molecule has 0 radical (unpaired) electrons. The van der Waals surface area contributed by atoms with Gasteiger partial charge in [0, 0.05) is 18.8 Å². The van der Waals surface area contributed by atoms with Crippen LogP contribution in [0.5, 0.6) is 0 Å². The van der Waals surface area contributed by atoms with Gasteiger partial charge in [-0.2, -0.15) is 5.26 Å². The van der Waals surface area contributed by atoms with E-state index in [2.05, 4.69) is 17.5 Å². The third kappa shape index (κ3) is 2.98. The Balaban J connectivity index is 2.03. The molecule has 3 nitrogen and oxygen atoms in total. The van der Waals surface area contributed by atoms with Gasteiger partial charge in [0.15, 0.2) is 0 Å². The van der Waals surface area contributed by atoms with Gasteiger partial charge < -0.3 is 10.1 Å². The Morgan fingerprint density at radius 2 is 2.35 bits per heavy atom. The Hall–Kier alpha value is -1.53. The van der Waals surface area contributed by atoms with Crippen LogP contribution in [0.2, 0.25) is 0 Å². The predicted octanol–water partition coefficient (Wildman–Crippen LogP) is 2.94. The molecule has 0 bridgehead atoms. The number of nitrogens with zero attached hydrogens (tertiary/aromatic N) is 1. The normalized spacial score (nSPS) is 23.3. The van der Waals surface area contributed by atoms with E-state index in [1.807, 2.05) is 18.2 Å². The molecule has 2 unspecified atom stereocenters. The van der Waals surface area contributed by atoms with E-state index in [0.717, 1.165) is 30.5 Å². The maximum Gasteiger partial charge on any atom is 0.0713 e. The van der Waals surface area contributed by atoms with E-state index in [9.17, 15) is 0 Å². The van der Waals surface area contributed by atoms with Crippen molar-refractivity contribution in [3.8, 4) is 6.07 Å². The number of hydrogen-bond acceptors (Lipinski definition) is 3. The van der Waals surface area contributed by atoms with Gasteiger partial charge in [0.25, 0.3) is 0 Å². The molecule has 90 valence electrons. The minimum Gasteiger partial charge on any atom is -0.381 e. The van der Waals surface area contributed by atoms with Crippen LogP contribution in [0.15, 0.2) is 24.3 Å². The van der Waals surface area contributed by atoms with E-state index < -0.39 is 0 Å². The van der Waals surface area contributed by atoms with Crippen molar-refractivity contribution in [1.29, 1.82) is 5.26 Å². The van der Waals surface area contributed by atoms with Gasteiger partial charge in [0.2, 0.25) is 0 Å². The van der Waals surface area contributed by atoms with Gasteiger partial charge in [0.1, 0.15) is 0 Å². The number of benzene rings is 1. The first-order chi connectivity index (χ1) is 8.33. The monoisotopic (exact) mass is 230 g/mol. The Morgan fingerprint density at radius 3 is 3.12 bits per heavy atom. The van der Waals surface area contributed by atoms with Crippen LogP contribution in [0.4, 0.5) is 5.69 Å². The van der Waals surface area contributed by atoms with Gasteiger partial charge >= 0.3 is 0 Å². The molecule has 0 saturated heterocycles. The standard InChI is InChI=1S/C14H18N2O/c1-17-10-11-4-2-6-13(8-11)16-14-7-3-5-12(14)9-15/h2,4,6,8,12,14,16H,3,5,7,10H2,1H3. The van der Waals surface area contributed by atoms with Crippen LogP contribution < -0.4 is 5.32 Å². The van der Waals surface area contributed by atoms with Gasteiger partial charge in [-0.3, -0.25) is 0 Å². The summed E-state index contributed by atoms with van der Waals surface area (Å²) >= 11 is 0. The maximum atomic E-state index is 9.04. The van der Waals surface area contributed by atoms with Crippen molar-refractivity contribution < 1.29 is 4.74 Å². The summed E-state index contributed by atoms with van der Waals surface area (Å²) in [5.74, 6) is 0.154. The smallest absolute Gasteiger partial charge is 0.0713 e. The van der Waals surface area contributed by atoms with Gasteiger partial charge in [-0.05, 0) is 37.0 Å². The fraction of sp³-hybridized carbons (Fsp3) is 0.500. The first kappa shape index (κ1) is 11.9. The fourth-order valence-corrected chi connectivity index (χ4v) is 2.42. The zero-order valence-electron chi connectivity index (χ0n) is 10.1. The molecule has 1 saturated carbocycles. The number of nitriles is 1. The van der Waals surface area contributed by atoms with Crippen LogP contribution in [-0.4, -0.2) is 13.2 Å². The zero-order valence-corrected chi connectivity index (χ0v) is 10.1. The van der Waals surface area contributed by atoms with Gasteiger partial charge in [-0.1, -0.05) is 12.1 Å². The van der Waals surface area contributed by atoms with Crippen LogP contribution in [0.3, 0.4) is 0 Å². The lowest BCUT2D eigenvalue weighted by molar-refractivity contribution is 0.185. The zero-order chi connectivity index (χ0) is 12.1. The van der Waals surface area contributed by atoms with Gasteiger partial charge in [-0.25, -0.2) is 0 Å². The van der Waals surface area contributed by atoms with Crippen molar-refractivity contribution in [3.63, 3.8) is 0 Å². The highest BCUT2D eigenvalue weighted by molar-refractivity contribution is 5.47. The first-order valence-corrected chi connectivity index (χ1v) is 6.07. The van der Waals surface area contributed by atoms with E-state index in [1.165, 1.54) is 0 Å². The molecule has 0 aliphatic heterocycles. The second kappa shape index (κ2) is 5.70. The summed E-state index contributed by atoms with van der Waals surface area (Å²) in [6, 6.07) is 10.9. The van der Waals surface area contributed by atoms with E-state index >= 15 is 0 Å². The SMILES string of the molecule is COCc1cccc(NC2CCCC2C#N)c1. The summed E-state index contributed by atoms with van der Waals surface area (Å²) in [5, 5.41) is 12.5. The topological polar surface area (TPSA) is 45.0 Å². The summed E-state index contributed by atoms with van der Waals surface area (Å²) in [6.45, 7) is 0.627. The molecule has 1 aromatic rings. The van der Waals surface area contributed by atoms with Crippen LogP contribution in [-0.2, 0) is 11.3 Å². The summed E-state index contributed by atoms with van der Waals surface area (Å²) < 4.78 is 5.12. The lowest BCUT2D eigenvalue weighted by Gasteiger charge is -2.17. The maximum absolute atomic E-state index is 9.04. The summed E-state index contributed by atoms with van der Waals surface area (Å²) in [7, 11) is 1.70. The number of ether oxygens (including phenoxy) is 1. The number of methoxy groups -OCH3 is 1. The highest BCUT2D eigenvalue weighted by Gasteiger charge is 2.26. The van der Waals surface area contributed by atoms with Crippen LogP contribution >= 0.6 is 0 Å². The third-order valence-corrected chi connectivity index (χ3v) is 3.27. The number of nitrogens with one attached hydrogen (secondary N) is 1. The summed E-state index contributed by atoms with van der Waals surface area (Å²) in [4.78, 5) is 0. The molecule has 1 fully saturated rings. The van der Waals surface area contributed by atoms with E-state index in [0.29, 0.717) is 12.6 Å². The van der Waals surface area contributed by atoms with Crippen molar-refractivity contribution in [3.05, 3.63) is 29.8 Å². The molecule has 0 spiro atoms. The fourth-order valence-electron chi connectivity index (χ4n) is 2.42. The molecule has 1 aliphatic rings. The predicted molar refractivity (Wildman–Crippen MR) is 67.5 cm³/mol. The Labute approximate surface area is 102 Å². The van der Waals surface area contributed by atoms with Crippen molar-refractivity contribution in [1.82, 2.24) is 0 Å². The highest BCUT2D eigenvalue weighted by Crippen LogP contribution is 2.28. The van der Waals surface area contributed by atoms with E-state index in [-0.39, 0.29) is 5.92 Å². The number of rotatable bonds is 4. The van der Waals surface area contributed by atoms with E-state index in [4.69, 9.17) is 10.00 Å². The Morgan fingerprint density at radius 1 is 1.47 bits per heavy atom.